The van der Waals surface area contributed by atoms with Crippen LogP contribution in [0.5, 0.6) is 0 Å². The summed E-state index contributed by atoms with van der Waals surface area (Å²) in [6.07, 6.45) is 9.18. The highest BCUT2D eigenvalue weighted by Crippen LogP contribution is 2.34. The van der Waals surface area contributed by atoms with Crippen LogP contribution in [0.25, 0.3) is 0 Å². The zero-order valence-corrected chi connectivity index (χ0v) is 17.1. The predicted molar refractivity (Wildman–Crippen MR) is 107 cm³/mol. The number of carbonyl (C=O) groups is 1. The average Bonchev–Trinajstić information content (AvgIpc) is 2.97. The number of ether oxygens (including phenoxy) is 1. The van der Waals surface area contributed by atoms with E-state index >= 15 is 0 Å². The molecule has 1 saturated carbocycles. The zero-order valence-electron chi connectivity index (χ0n) is 16.2. The van der Waals surface area contributed by atoms with Gasteiger partial charge in [0.05, 0.1) is 18.0 Å². The van der Waals surface area contributed by atoms with E-state index in [1.807, 2.05) is 13.0 Å². The van der Waals surface area contributed by atoms with E-state index in [0.29, 0.717) is 36.9 Å². The van der Waals surface area contributed by atoms with Crippen LogP contribution in [-0.2, 0) is 21.2 Å². The number of hydrogen-bond acceptors (Lipinski definition) is 4. The number of amides is 1. The van der Waals surface area contributed by atoms with Crippen molar-refractivity contribution >= 4 is 21.6 Å². The van der Waals surface area contributed by atoms with E-state index in [1.54, 1.807) is 12.1 Å². The van der Waals surface area contributed by atoms with Crippen molar-refractivity contribution in [2.24, 2.45) is 0 Å². The molecular formula is C20H30N2O4S. The Hall–Kier alpha value is -1.60. The van der Waals surface area contributed by atoms with Crippen molar-refractivity contribution in [3.05, 3.63) is 29.3 Å². The summed E-state index contributed by atoms with van der Waals surface area (Å²) in [5.74, 6) is -0.124. The molecule has 2 aliphatic rings. The molecule has 1 N–H and O–H groups in total. The van der Waals surface area contributed by atoms with Crippen LogP contribution in [0.15, 0.2) is 18.2 Å². The van der Waals surface area contributed by atoms with Crippen LogP contribution < -0.4 is 9.62 Å². The van der Waals surface area contributed by atoms with Gasteiger partial charge in [0.15, 0.2) is 0 Å². The maximum atomic E-state index is 12.4. The largest absolute Gasteiger partial charge is 0.378 e. The number of sulfonamides is 1. The van der Waals surface area contributed by atoms with Gasteiger partial charge in [-0.2, -0.15) is 0 Å². The Morgan fingerprint density at radius 1 is 1.26 bits per heavy atom. The van der Waals surface area contributed by atoms with Gasteiger partial charge < -0.3 is 10.1 Å². The molecule has 0 bridgehead atoms. The van der Waals surface area contributed by atoms with E-state index in [4.69, 9.17) is 4.74 Å². The van der Waals surface area contributed by atoms with Gasteiger partial charge in [-0.25, -0.2) is 8.42 Å². The van der Waals surface area contributed by atoms with E-state index in [1.165, 1.54) is 29.8 Å². The number of benzene rings is 1. The van der Waals surface area contributed by atoms with Gasteiger partial charge in [-0.3, -0.25) is 9.10 Å². The van der Waals surface area contributed by atoms with E-state index in [9.17, 15) is 13.2 Å². The minimum atomic E-state index is -3.31. The molecule has 7 heteroatoms. The van der Waals surface area contributed by atoms with Gasteiger partial charge in [-0.1, -0.05) is 19.3 Å². The molecule has 0 aromatic heterocycles. The van der Waals surface area contributed by atoms with Crippen LogP contribution in [0.1, 0.15) is 61.4 Å². The zero-order chi connectivity index (χ0) is 19.4. The van der Waals surface area contributed by atoms with Crippen molar-refractivity contribution in [3.63, 3.8) is 0 Å². The molecule has 0 radical (unpaired) electrons. The number of rotatable bonds is 7. The van der Waals surface area contributed by atoms with Crippen LogP contribution in [0.2, 0.25) is 0 Å². The first kappa shape index (κ1) is 20.1. The molecule has 3 rings (SSSR count). The predicted octanol–water partition coefficient (Wildman–Crippen LogP) is 2.87. The summed E-state index contributed by atoms with van der Waals surface area (Å²) in [5, 5.41) is 2.93. The SMILES string of the molecule is C[C@@H]1Cc2cc(C(=O)NCCCOC3CCCCC3)ccc2N1S(C)(=O)=O. The van der Waals surface area contributed by atoms with E-state index in [2.05, 4.69) is 5.32 Å². The number of fused-ring (bicyclic) bond motifs is 1. The standard InChI is InChI=1S/C20H30N2O4S/c1-15-13-17-14-16(9-10-19(17)22(15)27(2,24)25)20(23)21-11-6-12-26-18-7-4-3-5-8-18/h9-10,14-15,18H,3-8,11-13H2,1-2H3,(H,21,23)/t15-/m1/s1. The van der Waals surface area contributed by atoms with Crippen molar-refractivity contribution in [1.29, 1.82) is 0 Å². The Morgan fingerprint density at radius 2 is 2.00 bits per heavy atom. The number of nitrogens with one attached hydrogen (secondary N) is 1. The molecule has 1 fully saturated rings. The molecule has 1 heterocycles. The average molecular weight is 395 g/mol. The van der Waals surface area contributed by atoms with E-state index < -0.39 is 10.0 Å². The van der Waals surface area contributed by atoms with Crippen LogP contribution in [0.3, 0.4) is 0 Å². The van der Waals surface area contributed by atoms with Crippen LogP contribution in [-0.4, -0.2) is 45.9 Å². The number of hydrogen-bond donors (Lipinski definition) is 1. The second-order valence-corrected chi connectivity index (χ2v) is 9.56. The lowest BCUT2D eigenvalue weighted by Gasteiger charge is -2.22. The van der Waals surface area contributed by atoms with Gasteiger partial charge in [-0.05, 0) is 56.4 Å². The molecule has 1 aliphatic heterocycles. The second kappa shape index (κ2) is 8.61. The summed E-state index contributed by atoms with van der Waals surface area (Å²) in [4.78, 5) is 12.4. The van der Waals surface area contributed by atoms with Gasteiger partial charge in [-0.15, -0.1) is 0 Å². The number of carbonyl (C=O) groups excluding carboxylic acids is 1. The lowest BCUT2D eigenvalue weighted by atomic mass is 9.98. The quantitative estimate of drug-likeness (QED) is 0.722. The second-order valence-electron chi connectivity index (χ2n) is 7.70. The van der Waals surface area contributed by atoms with Crippen molar-refractivity contribution in [2.45, 2.75) is 64.0 Å². The van der Waals surface area contributed by atoms with Gasteiger partial charge in [0, 0.05) is 24.8 Å². The minimum absolute atomic E-state index is 0.120. The van der Waals surface area contributed by atoms with Crippen LogP contribution >= 0.6 is 0 Å². The molecule has 1 aromatic carbocycles. The smallest absolute Gasteiger partial charge is 0.251 e. The van der Waals surface area contributed by atoms with E-state index in [0.717, 1.165) is 24.8 Å². The highest BCUT2D eigenvalue weighted by molar-refractivity contribution is 7.92. The molecule has 27 heavy (non-hydrogen) atoms. The summed E-state index contributed by atoms with van der Waals surface area (Å²) < 4.78 is 31.3. The Labute approximate surface area is 162 Å². The lowest BCUT2D eigenvalue weighted by molar-refractivity contribution is 0.0273. The Kier molecular flexibility index (Phi) is 6.42. The summed E-state index contributed by atoms with van der Waals surface area (Å²) in [6.45, 7) is 3.14. The maximum absolute atomic E-state index is 12.4. The first-order valence-corrected chi connectivity index (χ1v) is 11.7. The minimum Gasteiger partial charge on any atom is -0.378 e. The molecule has 150 valence electrons. The fourth-order valence-corrected chi connectivity index (χ4v) is 5.37. The molecule has 1 amide bonds. The maximum Gasteiger partial charge on any atom is 0.251 e. The lowest BCUT2D eigenvalue weighted by Crippen LogP contribution is -2.34. The Balaban J connectivity index is 1.49. The highest BCUT2D eigenvalue weighted by Gasteiger charge is 2.32. The van der Waals surface area contributed by atoms with Crippen LogP contribution in [0.4, 0.5) is 5.69 Å². The Bertz CT molecular complexity index is 772. The molecule has 1 atom stereocenters. The first-order chi connectivity index (χ1) is 12.9. The summed E-state index contributed by atoms with van der Waals surface area (Å²) in [5.41, 5.74) is 2.16. The normalized spacial score (nSPS) is 20.5. The first-order valence-electron chi connectivity index (χ1n) is 9.88. The molecule has 6 nitrogen and oxygen atoms in total. The monoisotopic (exact) mass is 394 g/mol. The topological polar surface area (TPSA) is 75.7 Å². The van der Waals surface area contributed by atoms with Gasteiger partial charge in [0.2, 0.25) is 10.0 Å². The fraction of sp³-hybridized carbons (Fsp3) is 0.650. The number of nitrogens with zero attached hydrogens (tertiary/aromatic N) is 1. The van der Waals surface area contributed by atoms with Gasteiger partial charge in [0.1, 0.15) is 0 Å². The fourth-order valence-electron chi connectivity index (χ4n) is 4.11. The molecule has 0 spiro atoms. The molecule has 1 aromatic rings. The molecule has 0 saturated heterocycles. The third-order valence-electron chi connectivity index (χ3n) is 5.36. The van der Waals surface area contributed by atoms with Crippen LogP contribution in [0, 0.1) is 0 Å². The number of anilines is 1. The molecular weight excluding hydrogens is 364 g/mol. The third-order valence-corrected chi connectivity index (χ3v) is 6.64. The van der Waals surface area contributed by atoms with Gasteiger partial charge in [0.25, 0.3) is 5.91 Å². The van der Waals surface area contributed by atoms with Crippen molar-refractivity contribution < 1.29 is 17.9 Å². The van der Waals surface area contributed by atoms with Gasteiger partial charge >= 0.3 is 0 Å². The third kappa shape index (κ3) is 5.02. The molecule has 1 aliphatic carbocycles. The van der Waals surface area contributed by atoms with Crippen molar-refractivity contribution in [3.8, 4) is 0 Å². The summed E-state index contributed by atoms with van der Waals surface area (Å²) in [7, 11) is -3.31. The highest BCUT2D eigenvalue weighted by atomic mass is 32.2. The summed E-state index contributed by atoms with van der Waals surface area (Å²) >= 11 is 0. The molecule has 0 unspecified atom stereocenters. The van der Waals surface area contributed by atoms with Crippen molar-refractivity contribution in [1.82, 2.24) is 5.32 Å². The van der Waals surface area contributed by atoms with Crippen molar-refractivity contribution in [2.75, 3.05) is 23.7 Å². The Morgan fingerprint density at radius 3 is 2.70 bits per heavy atom. The van der Waals surface area contributed by atoms with E-state index in [-0.39, 0.29) is 11.9 Å². The summed E-state index contributed by atoms with van der Waals surface area (Å²) in [6, 6.07) is 5.12.